The van der Waals surface area contributed by atoms with Crippen molar-refractivity contribution in [3.05, 3.63) is 29.3 Å². The third kappa shape index (κ3) is 2.80. The van der Waals surface area contributed by atoms with Gasteiger partial charge in [0.25, 0.3) is 0 Å². The second-order valence-electron chi connectivity index (χ2n) is 3.70. The van der Waals surface area contributed by atoms with E-state index in [9.17, 15) is 0 Å². The number of aromatic amines is 1. The molecule has 0 fully saturated rings. The molecule has 0 aromatic carbocycles. The summed E-state index contributed by atoms with van der Waals surface area (Å²) in [6.45, 7) is 1.57. The summed E-state index contributed by atoms with van der Waals surface area (Å²) >= 11 is 1.66. The van der Waals surface area contributed by atoms with Crippen molar-refractivity contribution in [2.75, 3.05) is 19.0 Å². The van der Waals surface area contributed by atoms with E-state index in [1.165, 1.54) is 0 Å². The molecule has 0 unspecified atom stereocenters. The largest absolute Gasteiger partial charge is 0.354 e. The van der Waals surface area contributed by atoms with Gasteiger partial charge in [0.05, 0.1) is 12.0 Å². The van der Waals surface area contributed by atoms with Crippen LogP contribution in [0.4, 0.5) is 5.13 Å². The molecule has 0 spiro atoms. The number of H-pyrrole nitrogens is 1. The Labute approximate surface area is 98.5 Å². The molecule has 2 heterocycles. The Balaban J connectivity index is 1.81. The molecule has 5 nitrogen and oxygen atoms in total. The first-order valence-corrected chi connectivity index (χ1v) is 5.93. The van der Waals surface area contributed by atoms with Crippen LogP contribution < -0.4 is 10.2 Å². The zero-order valence-corrected chi connectivity index (χ0v) is 10.2. The summed E-state index contributed by atoms with van der Waals surface area (Å²) in [6, 6.07) is 0. The van der Waals surface area contributed by atoms with E-state index in [-0.39, 0.29) is 0 Å². The number of nitrogens with zero attached hydrogens (tertiary/aromatic N) is 3. The van der Waals surface area contributed by atoms with E-state index in [2.05, 4.69) is 25.6 Å². The van der Waals surface area contributed by atoms with Gasteiger partial charge in [-0.2, -0.15) is 0 Å². The molecule has 0 bridgehead atoms. The predicted molar refractivity (Wildman–Crippen MR) is 65.6 cm³/mol. The zero-order chi connectivity index (χ0) is 11.4. The van der Waals surface area contributed by atoms with Crippen LogP contribution in [0.15, 0.2) is 17.9 Å². The molecule has 16 heavy (non-hydrogen) atoms. The highest BCUT2D eigenvalue weighted by molar-refractivity contribution is 7.13. The summed E-state index contributed by atoms with van der Waals surface area (Å²) in [5.74, 6) is 0. The molecular formula is C10H15N5S. The lowest BCUT2D eigenvalue weighted by molar-refractivity contribution is 0.672. The number of thiazole rings is 1. The monoisotopic (exact) mass is 237 g/mol. The number of aromatic nitrogens is 3. The summed E-state index contributed by atoms with van der Waals surface area (Å²) in [6.07, 6.45) is 3.50. The van der Waals surface area contributed by atoms with Crippen LogP contribution in [0.3, 0.4) is 0 Å². The van der Waals surface area contributed by atoms with Crippen molar-refractivity contribution in [1.29, 1.82) is 0 Å². The molecular weight excluding hydrogens is 222 g/mol. The van der Waals surface area contributed by atoms with Crippen LogP contribution in [0.25, 0.3) is 0 Å². The van der Waals surface area contributed by atoms with E-state index in [0.717, 1.165) is 29.6 Å². The van der Waals surface area contributed by atoms with Crippen LogP contribution in [-0.4, -0.2) is 29.0 Å². The van der Waals surface area contributed by atoms with Gasteiger partial charge in [0, 0.05) is 44.5 Å². The maximum absolute atomic E-state index is 4.48. The van der Waals surface area contributed by atoms with Crippen LogP contribution in [0.5, 0.6) is 0 Å². The molecule has 6 heteroatoms. The third-order valence-corrected chi connectivity index (χ3v) is 3.16. The molecule has 0 saturated carbocycles. The van der Waals surface area contributed by atoms with E-state index in [1.54, 1.807) is 17.7 Å². The molecule has 0 radical (unpaired) electrons. The van der Waals surface area contributed by atoms with E-state index in [0.29, 0.717) is 0 Å². The van der Waals surface area contributed by atoms with Gasteiger partial charge >= 0.3 is 0 Å². The first-order chi connectivity index (χ1) is 7.75. The van der Waals surface area contributed by atoms with Crippen molar-refractivity contribution in [2.45, 2.75) is 13.1 Å². The van der Waals surface area contributed by atoms with Crippen LogP contribution in [0.1, 0.15) is 11.4 Å². The lowest BCUT2D eigenvalue weighted by Gasteiger charge is -2.05. The minimum absolute atomic E-state index is 0.781. The SMILES string of the molecule is CN(C)c1nc(CNCc2cnc[nH]2)cs1. The van der Waals surface area contributed by atoms with E-state index >= 15 is 0 Å². The van der Waals surface area contributed by atoms with Crippen molar-refractivity contribution in [3.63, 3.8) is 0 Å². The van der Waals surface area contributed by atoms with Crippen LogP contribution >= 0.6 is 11.3 Å². The van der Waals surface area contributed by atoms with Crippen molar-refractivity contribution < 1.29 is 0 Å². The Bertz CT molecular complexity index is 420. The fourth-order valence-corrected chi connectivity index (χ4v) is 2.05. The van der Waals surface area contributed by atoms with Gasteiger partial charge in [-0.05, 0) is 0 Å². The van der Waals surface area contributed by atoms with Gasteiger partial charge < -0.3 is 15.2 Å². The van der Waals surface area contributed by atoms with Gasteiger partial charge in [-0.3, -0.25) is 0 Å². The first-order valence-electron chi connectivity index (χ1n) is 5.05. The number of hydrogen-bond donors (Lipinski definition) is 2. The third-order valence-electron chi connectivity index (χ3n) is 2.10. The quantitative estimate of drug-likeness (QED) is 0.821. The highest BCUT2D eigenvalue weighted by atomic mass is 32.1. The van der Waals surface area contributed by atoms with Gasteiger partial charge in [-0.25, -0.2) is 9.97 Å². The fourth-order valence-electron chi connectivity index (χ4n) is 1.29. The highest BCUT2D eigenvalue weighted by Crippen LogP contribution is 2.17. The minimum Gasteiger partial charge on any atom is -0.354 e. The number of rotatable bonds is 5. The fraction of sp³-hybridized carbons (Fsp3) is 0.400. The molecule has 0 saturated heterocycles. The van der Waals surface area contributed by atoms with Crippen molar-refractivity contribution >= 4 is 16.5 Å². The first kappa shape index (κ1) is 11.1. The summed E-state index contributed by atoms with van der Waals surface area (Å²) < 4.78 is 0. The molecule has 0 aliphatic heterocycles. The Hall–Kier alpha value is -1.40. The van der Waals surface area contributed by atoms with E-state index in [1.807, 2.05) is 25.2 Å². The summed E-state index contributed by atoms with van der Waals surface area (Å²) in [5.41, 5.74) is 2.16. The second kappa shape index (κ2) is 5.09. The van der Waals surface area contributed by atoms with Crippen molar-refractivity contribution in [1.82, 2.24) is 20.3 Å². The maximum Gasteiger partial charge on any atom is 0.185 e. The number of anilines is 1. The smallest absolute Gasteiger partial charge is 0.185 e. The molecule has 2 rings (SSSR count). The standard InChI is InChI=1S/C10H15N5S/c1-15(2)10-14-9(6-16-10)5-11-3-8-4-12-7-13-8/h4,6-7,11H,3,5H2,1-2H3,(H,12,13). The summed E-state index contributed by atoms with van der Waals surface area (Å²) in [7, 11) is 4.00. The highest BCUT2D eigenvalue weighted by Gasteiger charge is 2.03. The topological polar surface area (TPSA) is 56.8 Å². The second-order valence-corrected chi connectivity index (χ2v) is 4.53. The average molecular weight is 237 g/mol. The molecule has 0 amide bonds. The Morgan fingerprint density at radius 3 is 2.94 bits per heavy atom. The summed E-state index contributed by atoms with van der Waals surface area (Å²) in [4.78, 5) is 13.5. The van der Waals surface area contributed by atoms with Crippen LogP contribution in [0.2, 0.25) is 0 Å². The van der Waals surface area contributed by atoms with Crippen molar-refractivity contribution in [3.8, 4) is 0 Å². The molecule has 0 aliphatic carbocycles. The summed E-state index contributed by atoms with van der Waals surface area (Å²) in [5, 5.41) is 6.43. The Kier molecular flexibility index (Phi) is 3.53. The van der Waals surface area contributed by atoms with Crippen LogP contribution in [-0.2, 0) is 13.1 Å². The van der Waals surface area contributed by atoms with Gasteiger partial charge in [0.15, 0.2) is 5.13 Å². The van der Waals surface area contributed by atoms with Gasteiger partial charge in [-0.15, -0.1) is 11.3 Å². The molecule has 86 valence electrons. The minimum atomic E-state index is 0.781. The Morgan fingerprint density at radius 2 is 2.31 bits per heavy atom. The predicted octanol–water partition coefficient (Wildman–Crippen LogP) is 1.22. The molecule has 0 aliphatic rings. The average Bonchev–Trinajstić information content (AvgIpc) is 2.87. The van der Waals surface area contributed by atoms with E-state index in [4.69, 9.17) is 0 Å². The molecule has 2 aromatic heterocycles. The van der Waals surface area contributed by atoms with Crippen LogP contribution in [0, 0.1) is 0 Å². The van der Waals surface area contributed by atoms with Crippen molar-refractivity contribution in [2.24, 2.45) is 0 Å². The maximum atomic E-state index is 4.48. The van der Waals surface area contributed by atoms with E-state index < -0.39 is 0 Å². The van der Waals surface area contributed by atoms with Gasteiger partial charge in [0.2, 0.25) is 0 Å². The lowest BCUT2D eigenvalue weighted by atomic mass is 10.4. The number of nitrogens with one attached hydrogen (secondary N) is 2. The molecule has 2 aromatic rings. The van der Waals surface area contributed by atoms with Gasteiger partial charge in [0.1, 0.15) is 0 Å². The number of imidazole rings is 1. The normalized spacial score (nSPS) is 10.6. The molecule has 2 N–H and O–H groups in total. The number of hydrogen-bond acceptors (Lipinski definition) is 5. The zero-order valence-electron chi connectivity index (χ0n) is 9.40. The molecule has 0 atom stereocenters. The van der Waals surface area contributed by atoms with Gasteiger partial charge in [-0.1, -0.05) is 0 Å². The lowest BCUT2D eigenvalue weighted by Crippen LogP contribution is -2.14. The Morgan fingerprint density at radius 1 is 1.44 bits per heavy atom.